The van der Waals surface area contributed by atoms with E-state index in [1.54, 1.807) is 7.05 Å². The van der Waals surface area contributed by atoms with Gasteiger partial charge in [-0.1, -0.05) is 12.1 Å². The van der Waals surface area contributed by atoms with Crippen LogP contribution in [0.1, 0.15) is 52.4 Å². The number of rotatable bonds is 6. The molecule has 1 saturated carbocycles. The Hall–Kier alpha value is -3.68. The zero-order valence-corrected chi connectivity index (χ0v) is 19.7. The van der Waals surface area contributed by atoms with Crippen molar-refractivity contribution >= 4 is 0 Å². The fourth-order valence-corrected chi connectivity index (χ4v) is 4.24. The first-order valence-corrected chi connectivity index (χ1v) is 11.2. The lowest BCUT2D eigenvalue weighted by molar-refractivity contribution is 0.302. The number of aromatic nitrogens is 6. The van der Waals surface area contributed by atoms with Crippen LogP contribution in [0.25, 0.3) is 11.4 Å². The summed E-state index contributed by atoms with van der Waals surface area (Å²) in [5.41, 5.74) is 8.08. The molecule has 1 aliphatic rings. The number of hydrogen-bond acceptors (Lipinski definition) is 5. The van der Waals surface area contributed by atoms with Crippen molar-refractivity contribution < 1.29 is 4.74 Å². The number of hydrogen-bond donors (Lipinski definition) is 0. The summed E-state index contributed by atoms with van der Waals surface area (Å²) in [6.07, 6.45) is 2.31. The van der Waals surface area contributed by atoms with E-state index < -0.39 is 0 Å². The highest BCUT2D eigenvalue weighted by molar-refractivity contribution is 5.49. The van der Waals surface area contributed by atoms with Crippen LogP contribution in [0.4, 0.5) is 0 Å². The van der Waals surface area contributed by atoms with Crippen LogP contribution in [-0.2, 0) is 13.7 Å². The molecule has 2 aromatic heterocycles. The molecular formula is C25H28N6O2. The summed E-state index contributed by atoms with van der Waals surface area (Å²) in [4.78, 5) is 12.5. The van der Waals surface area contributed by atoms with Gasteiger partial charge >= 0.3 is 5.69 Å². The number of nitrogens with zero attached hydrogens (tertiary/aromatic N) is 6. The van der Waals surface area contributed by atoms with Gasteiger partial charge in [-0.05, 0) is 97.8 Å². The maximum absolute atomic E-state index is 12.5. The number of aryl methyl sites for hydroxylation is 3. The second-order valence-corrected chi connectivity index (χ2v) is 8.86. The predicted molar refractivity (Wildman–Crippen MR) is 125 cm³/mol. The largest absolute Gasteiger partial charge is 0.489 e. The first kappa shape index (κ1) is 21.2. The van der Waals surface area contributed by atoms with Gasteiger partial charge in [-0.15, -0.1) is 0 Å². The van der Waals surface area contributed by atoms with Gasteiger partial charge in [0.2, 0.25) is 0 Å². The van der Waals surface area contributed by atoms with Crippen LogP contribution in [-0.4, -0.2) is 29.6 Å². The average Bonchev–Trinajstić information content (AvgIpc) is 3.56. The van der Waals surface area contributed by atoms with Crippen LogP contribution in [0.2, 0.25) is 0 Å². The van der Waals surface area contributed by atoms with Crippen LogP contribution in [0, 0.1) is 27.7 Å². The van der Waals surface area contributed by atoms with Crippen molar-refractivity contribution in [2.45, 2.75) is 53.1 Å². The van der Waals surface area contributed by atoms with Crippen molar-refractivity contribution in [2.75, 3.05) is 0 Å². The summed E-state index contributed by atoms with van der Waals surface area (Å²) in [6, 6.07) is 12.1. The van der Waals surface area contributed by atoms with Gasteiger partial charge in [0.05, 0.1) is 17.1 Å². The standard InChI is InChI=1S/C25H28N6O2/c1-15-13-20(30-18(4)16(2)17(3)26-30)11-12-24(15)33-14-22-21(19-9-10-19)7-6-8-23(22)31-25(32)29(5)27-28-31/h6-8,11-13,19H,9-10,14H2,1-5H3. The van der Waals surface area contributed by atoms with E-state index in [1.165, 1.54) is 20.5 Å². The average molecular weight is 445 g/mol. The fourth-order valence-electron chi connectivity index (χ4n) is 4.24. The van der Waals surface area contributed by atoms with Crippen LogP contribution >= 0.6 is 0 Å². The van der Waals surface area contributed by atoms with E-state index in [0.717, 1.165) is 52.5 Å². The molecule has 0 bridgehead atoms. The molecule has 4 aromatic rings. The molecule has 2 aromatic carbocycles. The molecule has 0 saturated heterocycles. The molecule has 0 radical (unpaired) electrons. The maximum atomic E-state index is 12.5. The van der Waals surface area contributed by atoms with Crippen molar-refractivity contribution in [1.82, 2.24) is 29.6 Å². The Labute approximate surface area is 192 Å². The van der Waals surface area contributed by atoms with E-state index in [2.05, 4.69) is 41.5 Å². The van der Waals surface area contributed by atoms with Gasteiger partial charge in [-0.25, -0.2) is 9.48 Å². The lowest BCUT2D eigenvalue weighted by Crippen LogP contribution is -2.23. The molecular weight excluding hydrogens is 416 g/mol. The van der Waals surface area contributed by atoms with E-state index >= 15 is 0 Å². The maximum Gasteiger partial charge on any atom is 0.368 e. The van der Waals surface area contributed by atoms with E-state index in [1.807, 2.05) is 42.8 Å². The zero-order valence-electron chi connectivity index (χ0n) is 19.7. The van der Waals surface area contributed by atoms with Crippen LogP contribution in [0.3, 0.4) is 0 Å². The van der Waals surface area contributed by atoms with Crippen molar-refractivity contribution in [1.29, 1.82) is 0 Å². The summed E-state index contributed by atoms with van der Waals surface area (Å²) >= 11 is 0. The molecule has 1 aliphatic carbocycles. The predicted octanol–water partition coefficient (Wildman–Crippen LogP) is 3.84. The molecule has 0 amide bonds. The Morgan fingerprint density at radius 2 is 1.82 bits per heavy atom. The van der Waals surface area contributed by atoms with Gasteiger partial charge in [0, 0.05) is 18.3 Å². The van der Waals surface area contributed by atoms with E-state index in [4.69, 9.17) is 4.74 Å². The third-order valence-corrected chi connectivity index (χ3v) is 6.58. The minimum atomic E-state index is -0.273. The minimum Gasteiger partial charge on any atom is -0.489 e. The molecule has 5 rings (SSSR count). The molecule has 8 nitrogen and oxygen atoms in total. The number of ether oxygens (including phenoxy) is 1. The van der Waals surface area contributed by atoms with Crippen LogP contribution < -0.4 is 10.4 Å². The second kappa shape index (κ2) is 8.03. The van der Waals surface area contributed by atoms with Crippen molar-refractivity contribution in [3.63, 3.8) is 0 Å². The Balaban J connectivity index is 1.47. The van der Waals surface area contributed by atoms with Crippen LogP contribution in [0.15, 0.2) is 41.2 Å². The highest BCUT2D eigenvalue weighted by atomic mass is 16.5. The Morgan fingerprint density at radius 3 is 2.42 bits per heavy atom. The lowest BCUT2D eigenvalue weighted by atomic mass is 10.0. The van der Waals surface area contributed by atoms with Gasteiger partial charge in [0.25, 0.3) is 0 Å². The monoisotopic (exact) mass is 444 g/mol. The smallest absolute Gasteiger partial charge is 0.368 e. The summed E-state index contributed by atoms with van der Waals surface area (Å²) in [6.45, 7) is 8.60. The molecule has 0 aliphatic heterocycles. The van der Waals surface area contributed by atoms with Gasteiger partial charge in [0.15, 0.2) is 0 Å². The van der Waals surface area contributed by atoms with Crippen molar-refractivity contribution in [3.05, 3.63) is 80.5 Å². The first-order valence-electron chi connectivity index (χ1n) is 11.2. The Bertz CT molecular complexity index is 1410. The SMILES string of the molecule is Cc1cc(-n2nc(C)c(C)c2C)ccc1OCc1c(C2CC2)cccc1-n1nnn(C)c1=O. The first-order chi connectivity index (χ1) is 15.8. The van der Waals surface area contributed by atoms with E-state index in [-0.39, 0.29) is 5.69 Å². The Kier molecular flexibility index (Phi) is 5.15. The summed E-state index contributed by atoms with van der Waals surface area (Å²) in [5, 5.41) is 12.6. The van der Waals surface area contributed by atoms with Gasteiger partial charge in [-0.3, -0.25) is 0 Å². The molecule has 8 heteroatoms. The third-order valence-electron chi connectivity index (χ3n) is 6.58. The van der Waals surface area contributed by atoms with Crippen molar-refractivity contribution in [2.24, 2.45) is 7.05 Å². The molecule has 0 spiro atoms. The molecule has 0 unspecified atom stereocenters. The molecule has 33 heavy (non-hydrogen) atoms. The lowest BCUT2D eigenvalue weighted by Gasteiger charge is -2.16. The Morgan fingerprint density at radius 1 is 1.03 bits per heavy atom. The normalized spacial score (nSPS) is 13.5. The van der Waals surface area contributed by atoms with Crippen molar-refractivity contribution in [3.8, 4) is 17.1 Å². The van der Waals surface area contributed by atoms with E-state index in [0.29, 0.717) is 12.5 Å². The summed E-state index contributed by atoms with van der Waals surface area (Å²) in [5.74, 6) is 1.31. The number of tetrazole rings is 1. The molecule has 0 atom stereocenters. The second-order valence-electron chi connectivity index (χ2n) is 8.86. The summed E-state index contributed by atoms with van der Waals surface area (Å²) in [7, 11) is 1.60. The number of benzene rings is 2. The zero-order chi connectivity index (χ0) is 23.3. The molecule has 1 fully saturated rings. The van der Waals surface area contributed by atoms with E-state index in [9.17, 15) is 4.79 Å². The highest BCUT2D eigenvalue weighted by Crippen LogP contribution is 2.43. The third kappa shape index (κ3) is 3.75. The highest BCUT2D eigenvalue weighted by Gasteiger charge is 2.28. The van der Waals surface area contributed by atoms with Gasteiger partial charge < -0.3 is 4.74 Å². The molecule has 0 N–H and O–H groups in total. The molecule has 2 heterocycles. The minimum absolute atomic E-state index is 0.273. The van der Waals surface area contributed by atoms with Crippen LogP contribution in [0.5, 0.6) is 5.75 Å². The fraction of sp³-hybridized carbons (Fsp3) is 0.360. The quantitative estimate of drug-likeness (QED) is 0.451. The topological polar surface area (TPSA) is 79.8 Å². The van der Waals surface area contributed by atoms with Gasteiger partial charge in [-0.2, -0.15) is 14.5 Å². The molecule has 170 valence electrons. The van der Waals surface area contributed by atoms with Gasteiger partial charge in [0.1, 0.15) is 12.4 Å². The summed E-state index contributed by atoms with van der Waals surface area (Å²) < 4.78 is 10.9.